The summed E-state index contributed by atoms with van der Waals surface area (Å²) in [5.41, 5.74) is 1.92. The van der Waals surface area contributed by atoms with Gasteiger partial charge in [-0.05, 0) is 48.9 Å². The number of nitrogens with zero attached hydrogens (tertiary/aromatic N) is 1. The van der Waals surface area contributed by atoms with Crippen molar-refractivity contribution in [2.75, 3.05) is 26.6 Å². The molecule has 0 spiro atoms. The van der Waals surface area contributed by atoms with Crippen LogP contribution < -0.4 is 29.6 Å². The fourth-order valence-electron chi connectivity index (χ4n) is 3.69. The van der Waals surface area contributed by atoms with E-state index in [0.29, 0.717) is 40.0 Å². The number of halogens is 1. The molecule has 2 N–H and O–H groups in total. The van der Waals surface area contributed by atoms with Crippen molar-refractivity contribution in [3.8, 4) is 28.7 Å². The van der Waals surface area contributed by atoms with Crippen LogP contribution in [0.2, 0.25) is 0 Å². The Hall–Kier alpha value is -4.53. The number of fused-ring (bicyclic) bond motifs is 1. The number of rotatable bonds is 8. The average Bonchev–Trinajstić information content (AvgIpc) is 2.89. The van der Waals surface area contributed by atoms with Gasteiger partial charge in [0.1, 0.15) is 23.1 Å². The number of carbonyl (C=O) groups excluding carboxylic acids is 1. The smallest absolute Gasteiger partial charge is 0.319 e. The van der Waals surface area contributed by atoms with Crippen LogP contribution in [0.1, 0.15) is 18.5 Å². The molecule has 0 aliphatic heterocycles. The van der Waals surface area contributed by atoms with Gasteiger partial charge < -0.3 is 29.6 Å². The van der Waals surface area contributed by atoms with E-state index in [0.717, 1.165) is 10.9 Å². The van der Waals surface area contributed by atoms with Crippen LogP contribution in [0.15, 0.2) is 66.9 Å². The maximum absolute atomic E-state index is 13.2. The summed E-state index contributed by atoms with van der Waals surface area (Å²) in [7, 11) is 4.63. The molecule has 1 unspecified atom stereocenters. The minimum atomic E-state index is -0.431. The summed E-state index contributed by atoms with van der Waals surface area (Å²) in [5.74, 6) is 2.27. The van der Waals surface area contributed by atoms with Gasteiger partial charge in [0, 0.05) is 23.7 Å². The van der Waals surface area contributed by atoms with Crippen LogP contribution in [0.4, 0.5) is 14.9 Å². The molecular weight excluding hydrogens is 465 g/mol. The first-order valence-corrected chi connectivity index (χ1v) is 11.1. The van der Waals surface area contributed by atoms with E-state index < -0.39 is 6.03 Å². The fourth-order valence-corrected chi connectivity index (χ4v) is 3.69. The van der Waals surface area contributed by atoms with Crippen molar-refractivity contribution < 1.29 is 28.1 Å². The third-order valence-corrected chi connectivity index (χ3v) is 5.57. The number of nitrogens with one attached hydrogen (secondary N) is 2. The molecule has 1 heterocycles. The Kier molecular flexibility index (Phi) is 7.39. The van der Waals surface area contributed by atoms with E-state index in [1.54, 1.807) is 68.9 Å². The highest BCUT2D eigenvalue weighted by Gasteiger charge is 2.15. The van der Waals surface area contributed by atoms with Crippen molar-refractivity contribution in [1.29, 1.82) is 0 Å². The summed E-state index contributed by atoms with van der Waals surface area (Å²) in [6.07, 6.45) is 1.64. The van der Waals surface area contributed by atoms with E-state index in [4.69, 9.17) is 18.9 Å². The number of carbonyl (C=O) groups is 1. The van der Waals surface area contributed by atoms with Gasteiger partial charge in [0.25, 0.3) is 0 Å². The highest BCUT2D eigenvalue weighted by atomic mass is 19.1. The zero-order valence-corrected chi connectivity index (χ0v) is 20.3. The second-order valence-corrected chi connectivity index (χ2v) is 7.87. The number of benzene rings is 3. The second kappa shape index (κ2) is 10.8. The number of hydrogen-bond donors (Lipinski definition) is 2. The van der Waals surface area contributed by atoms with Crippen molar-refractivity contribution in [1.82, 2.24) is 10.3 Å². The average molecular weight is 492 g/mol. The molecule has 186 valence electrons. The van der Waals surface area contributed by atoms with E-state index in [2.05, 4.69) is 15.6 Å². The Morgan fingerprint density at radius 2 is 1.56 bits per heavy atom. The lowest BCUT2D eigenvalue weighted by atomic mass is 10.1. The van der Waals surface area contributed by atoms with E-state index in [1.165, 1.54) is 19.2 Å². The molecule has 0 aliphatic rings. The molecule has 1 atom stereocenters. The molecule has 2 amide bonds. The SMILES string of the molecule is COc1cc(Oc2ccnc3cc(OC)c(OC)cc23)ccc1NC(=O)NC(C)c1ccc(F)cc1. The minimum absolute atomic E-state index is 0.324. The number of anilines is 1. The molecule has 9 heteroatoms. The van der Waals surface area contributed by atoms with E-state index in [-0.39, 0.29) is 11.9 Å². The number of urea groups is 1. The third-order valence-electron chi connectivity index (χ3n) is 5.57. The van der Waals surface area contributed by atoms with Crippen LogP contribution in [0.5, 0.6) is 28.7 Å². The first-order chi connectivity index (χ1) is 17.4. The van der Waals surface area contributed by atoms with Gasteiger partial charge >= 0.3 is 6.03 Å². The Bertz CT molecular complexity index is 1380. The molecule has 4 aromatic rings. The molecule has 0 aliphatic carbocycles. The van der Waals surface area contributed by atoms with Crippen LogP contribution in [0, 0.1) is 5.82 Å². The summed E-state index contributed by atoms with van der Waals surface area (Å²) in [6, 6.07) is 15.6. The van der Waals surface area contributed by atoms with Gasteiger partial charge in [-0.3, -0.25) is 4.98 Å². The predicted molar refractivity (Wildman–Crippen MR) is 135 cm³/mol. The quantitative estimate of drug-likeness (QED) is 0.311. The first-order valence-electron chi connectivity index (χ1n) is 11.1. The second-order valence-electron chi connectivity index (χ2n) is 7.87. The largest absolute Gasteiger partial charge is 0.494 e. The zero-order valence-electron chi connectivity index (χ0n) is 20.3. The Balaban J connectivity index is 1.51. The van der Waals surface area contributed by atoms with Crippen molar-refractivity contribution >= 4 is 22.6 Å². The molecule has 0 radical (unpaired) electrons. The lowest BCUT2D eigenvalue weighted by molar-refractivity contribution is 0.249. The van der Waals surface area contributed by atoms with Gasteiger partial charge in [0.2, 0.25) is 0 Å². The summed E-state index contributed by atoms with van der Waals surface area (Å²) in [5, 5.41) is 6.34. The van der Waals surface area contributed by atoms with Crippen LogP contribution in [-0.2, 0) is 0 Å². The van der Waals surface area contributed by atoms with Gasteiger partial charge in [-0.2, -0.15) is 0 Å². The molecule has 0 saturated carbocycles. The summed E-state index contributed by atoms with van der Waals surface area (Å²) >= 11 is 0. The van der Waals surface area contributed by atoms with Gasteiger partial charge in [0.15, 0.2) is 11.5 Å². The van der Waals surface area contributed by atoms with Crippen LogP contribution >= 0.6 is 0 Å². The van der Waals surface area contributed by atoms with Gasteiger partial charge in [0.05, 0.1) is 38.6 Å². The van der Waals surface area contributed by atoms with Crippen LogP contribution in [0.25, 0.3) is 10.9 Å². The lowest BCUT2D eigenvalue weighted by Crippen LogP contribution is -2.31. The van der Waals surface area contributed by atoms with Crippen LogP contribution in [0.3, 0.4) is 0 Å². The van der Waals surface area contributed by atoms with E-state index in [9.17, 15) is 9.18 Å². The molecule has 0 fully saturated rings. The number of hydrogen-bond acceptors (Lipinski definition) is 6. The molecule has 0 saturated heterocycles. The molecular formula is C27H26FN3O5. The van der Waals surface area contributed by atoms with Gasteiger partial charge in [-0.15, -0.1) is 0 Å². The molecule has 4 rings (SSSR count). The number of ether oxygens (including phenoxy) is 4. The van der Waals surface area contributed by atoms with Crippen molar-refractivity contribution in [2.45, 2.75) is 13.0 Å². The van der Waals surface area contributed by atoms with E-state index >= 15 is 0 Å². The van der Waals surface area contributed by atoms with Crippen molar-refractivity contribution in [3.63, 3.8) is 0 Å². The number of amides is 2. The molecule has 0 bridgehead atoms. The summed E-state index contributed by atoms with van der Waals surface area (Å²) in [4.78, 5) is 16.9. The fraction of sp³-hybridized carbons (Fsp3) is 0.185. The van der Waals surface area contributed by atoms with Crippen molar-refractivity contribution in [3.05, 3.63) is 78.2 Å². The standard InChI is InChI=1S/C27H26FN3O5/c1-16(17-5-7-18(28)8-6-17)30-27(32)31-21-10-9-19(13-24(21)33-2)36-23-11-12-29-22-15-26(35-4)25(34-3)14-20(22)23/h5-16H,1-4H3,(H2,30,31,32). The molecule has 36 heavy (non-hydrogen) atoms. The van der Waals surface area contributed by atoms with Gasteiger partial charge in [-0.25, -0.2) is 9.18 Å². The Labute approximate surface area is 208 Å². The highest BCUT2D eigenvalue weighted by molar-refractivity contribution is 5.91. The third kappa shape index (κ3) is 5.41. The van der Waals surface area contributed by atoms with E-state index in [1.807, 2.05) is 6.92 Å². The number of pyridine rings is 1. The predicted octanol–water partition coefficient (Wildman–Crippen LogP) is 6.07. The Morgan fingerprint density at radius 1 is 0.861 bits per heavy atom. The van der Waals surface area contributed by atoms with Crippen LogP contribution in [-0.4, -0.2) is 32.3 Å². The highest BCUT2D eigenvalue weighted by Crippen LogP contribution is 2.38. The maximum atomic E-state index is 13.2. The first kappa shape index (κ1) is 24.6. The monoisotopic (exact) mass is 491 g/mol. The normalized spacial score (nSPS) is 11.5. The lowest BCUT2D eigenvalue weighted by Gasteiger charge is -2.17. The zero-order chi connectivity index (χ0) is 25.7. The summed E-state index contributed by atoms with van der Waals surface area (Å²) in [6.45, 7) is 1.81. The van der Waals surface area contributed by atoms with Gasteiger partial charge in [-0.1, -0.05) is 12.1 Å². The minimum Gasteiger partial charge on any atom is -0.494 e. The molecule has 1 aromatic heterocycles. The molecule has 8 nitrogen and oxygen atoms in total. The maximum Gasteiger partial charge on any atom is 0.319 e. The molecule has 3 aromatic carbocycles. The van der Waals surface area contributed by atoms with Crippen molar-refractivity contribution in [2.24, 2.45) is 0 Å². The summed E-state index contributed by atoms with van der Waals surface area (Å²) < 4.78 is 35.5. The number of aromatic nitrogens is 1. The number of methoxy groups -OCH3 is 3. The Morgan fingerprint density at radius 3 is 2.25 bits per heavy atom. The topological polar surface area (TPSA) is 90.9 Å².